The van der Waals surface area contributed by atoms with Gasteiger partial charge >= 0.3 is 0 Å². The summed E-state index contributed by atoms with van der Waals surface area (Å²) >= 11 is 0. The Bertz CT molecular complexity index is 1420. The Kier molecular flexibility index (Phi) is 7.18. The number of hydrogen-bond donors (Lipinski definition) is 2. The number of anilines is 3. The first-order chi connectivity index (χ1) is 18.1. The number of methoxy groups -OCH3 is 1. The van der Waals surface area contributed by atoms with Crippen molar-refractivity contribution in [2.45, 2.75) is 18.9 Å². The molecule has 0 amide bonds. The molecule has 2 aromatic heterocycles. The van der Waals surface area contributed by atoms with Crippen molar-refractivity contribution in [1.82, 2.24) is 19.9 Å². The largest absolute Gasteiger partial charge is 0.494 e. The summed E-state index contributed by atoms with van der Waals surface area (Å²) in [6.45, 7) is 1.98. The quantitative estimate of drug-likeness (QED) is 0.366. The maximum absolute atomic E-state index is 5.81. The van der Waals surface area contributed by atoms with Gasteiger partial charge in [0.2, 0.25) is 5.95 Å². The Morgan fingerprint density at radius 3 is 2.81 bits per heavy atom. The lowest BCUT2D eigenvalue weighted by molar-refractivity contribution is 0.315. The summed E-state index contributed by atoms with van der Waals surface area (Å²) < 4.78 is 5.81. The zero-order valence-corrected chi connectivity index (χ0v) is 21.6. The molecule has 0 radical (unpaired) electrons. The topological polar surface area (TPSA) is 92.4 Å². The molecule has 3 N–H and O–H groups in total. The molecule has 37 heavy (non-hydrogen) atoms. The van der Waals surface area contributed by atoms with Crippen molar-refractivity contribution < 1.29 is 4.74 Å². The summed E-state index contributed by atoms with van der Waals surface area (Å²) in [6.07, 6.45) is 9.02. The molecule has 1 fully saturated rings. The van der Waals surface area contributed by atoms with E-state index >= 15 is 0 Å². The third-order valence-electron chi connectivity index (χ3n) is 6.90. The van der Waals surface area contributed by atoms with Crippen LogP contribution in [0.4, 0.5) is 17.3 Å². The molecule has 2 aromatic carbocycles. The molecule has 1 aliphatic heterocycles. The van der Waals surface area contributed by atoms with Gasteiger partial charge in [-0.2, -0.15) is 0 Å². The van der Waals surface area contributed by atoms with Crippen LogP contribution in [0.15, 0.2) is 73.2 Å². The molecule has 190 valence electrons. The van der Waals surface area contributed by atoms with E-state index in [1.165, 1.54) is 11.3 Å². The van der Waals surface area contributed by atoms with Gasteiger partial charge < -0.3 is 25.6 Å². The van der Waals surface area contributed by atoms with Crippen molar-refractivity contribution >= 4 is 28.2 Å². The van der Waals surface area contributed by atoms with Crippen LogP contribution in [0.3, 0.4) is 0 Å². The summed E-state index contributed by atoms with van der Waals surface area (Å²) in [7, 11) is 5.97. The second-order valence-electron chi connectivity index (χ2n) is 9.47. The SMILES string of the molecule is COc1cc(N2CC[C@@H](N(C)C)C2)c(CC=CN)cc1Nc1nccc(-c2cnc3ccccc3c2)n1. The lowest BCUT2D eigenvalue weighted by Gasteiger charge is -2.25. The minimum atomic E-state index is 0.492. The highest BCUT2D eigenvalue weighted by Crippen LogP contribution is 2.37. The number of hydrogen-bond acceptors (Lipinski definition) is 8. The van der Waals surface area contributed by atoms with E-state index in [4.69, 9.17) is 15.5 Å². The van der Waals surface area contributed by atoms with Crippen LogP contribution in [0.2, 0.25) is 0 Å². The van der Waals surface area contributed by atoms with Gasteiger partial charge in [0.05, 0.1) is 24.0 Å². The van der Waals surface area contributed by atoms with E-state index in [2.05, 4.69) is 63.4 Å². The van der Waals surface area contributed by atoms with Crippen molar-refractivity contribution in [2.24, 2.45) is 5.73 Å². The molecule has 4 aromatic rings. The fraction of sp³-hybridized carbons (Fsp3) is 0.276. The molecule has 5 rings (SSSR count). The first kappa shape index (κ1) is 24.5. The van der Waals surface area contributed by atoms with Crippen LogP contribution < -0.4 is 20.7 Å². The Labute approximate surface area is 217 Å². The summed E-state index contributed by atoms with van der Waals surface area (Å²) in [4.78, 5) is 18.5. The van der Waals surface area contributed by atoms with E-state index in [1.54, 1.807) is 19.5 Å². The van der Waals surface area contributed by atoms with E-state index in [-0.39, 0.29) is 0 Å². The van der Waals surface area contributed by atoms with Crippen LogP contribution in [0.1, 0.15) is 12.0 Å². The van der Waals surface area contributed by atoms with E-state index < -0.39 is 0 Å². The van der Waals surface area contributed by atoms with Gasteiger partial charge in [-0.15, -0.1) is 0 Å². The van der Waals surface area contributed by atoms with E-state index in [0.29, 0.717) is 12.0 Å². The fourth-order valence-corrected chi connectivity index (χ4v) is 4.83. The number of benzene rings is 2. The first-order valence-corrected chi connectivity index (χ1v) is 12.5. The first-order valence-electron chi connectivity index (χ1n) is 12.5. The van der Waals surface area contributed by atoms with Crippen molar-refractivity contribution in [3.05, 3.63) is 78.8 Å². The molecule has 0 saturated carbocycles. The highest BCUT2D eigenvalue weighted by atomic mass is 16.5. The molecule has 3 heterocycles. The number of allylic oxidation sites excluding steroid dienone is 1. The van der Waals surface area contributed by atoms with E-state index in [1.807, 2.05) is 36.5 Å². The molecular weight excluding hydrogens is 462 g/mol. The summed E-state index contributed by atoms with van der Waals surface area (Å²) in [5, 5.41) is 4.45. The van der Waals surface area contributed by atoms with Gasteiger partial charge in [0.15, 0.2) is 0 Å². The molecule has 0 aliphatic carbocycles. The number of nitrogens with one attached hydrogen (secondary N) is 1. The molecule has 1 saturated heterocycles. The van der Waals surface area contributed by atoms with Crippen LogP contribution in [0.5, 0.6) is 5.75 Å². The molecular formula is C29H33N7O. The average Bonchev–Trinajstić information content (AvgIpc) is 3.42. The number of nitrogens with two attached hydrogens (primary N) is 1. The van der Waals surface area contributed by atoms with Crippen LogP contribution in [-0.2, 0) is 6.42 Å². The Hall–Kier alpha value is -4.17. The van der Waals surface area contributed by atoms with E-state index in [9.17, 15) is 0 Å². The third-order valence-corrected chi connectivity index (χ3v) is 6.90. The third kappa shape index (κ3) is 5.34. The molecule has 8 heteroatoms. The van der Waals surface area contributed by atoms with Gasteiger partial charge in [0.25, 0.3) is 0 Å². The predicted octanol–water partition coefficient (Wildman–Crippen LogP) is 4.60. The molecule has 1 aliphatic rings. The van der Waals surface area contributed by atoms with Crippen LogP contribution in [-0.4, -0.2) is 60.2 Å². The molecule has 0 bridgehead atoms. The van der Waals surface area contributed by atoms with Crippen LogP contribution >= 0.6 is 0 Å². The average molecular weight is 496 g/mol. The van der Waals surface area contributed by atoms with Gasteiger partial charge in [0.1, 0.15) is 5.75 Å². The smallest absolute Gasteiger partial charge is 0.227 e. The minimum Gasteiger partial charge on any atom is -0.494 e. The van der Waals surface area contributed by atoms with Gasteiger partial charge in [-0.3, -0.25) is 4.98 Å². The lowest BCUT2D eigenvalue weighted by atomic mass is 10.1. The molecule has 1 atom stereocenters. The minimum absolute atomic E-state index is 0.492. The van der Waals surface area contributed by atoms with Crippen molar-refractivity contribution in [1.29, 1.82) is 0 Å². The zero-order chi connectivity index (χ0) is 25.8. The second-order valence-corrected chi connectivity index (χ2v) is 9.47. The molecule has 8 nitrogen and oxygen atoms in total. The van der Waals surface area contributed by atoms with Gasteiger partial charge in [-0.1, -0.05) is 24.3 Å². The van der Waals surface area contributed by atoms with Crippen molar-refractivity contribution in [3.63, 3.8) is 0 Å². The van der Waals surface area contributed by atoms with Crippen molar-refractivity contribution in [2.75, 3.05) is 44.5 Å². The predicted molar refractivity (Wildman–Crippen MR) is 150 cm³/mol. The van der Waals surface area contributed by atoms with Crippen LogP contribution in [0.25, 0.3) is 22.2 Å². The Morgan fingerprint density at radius 1 is 1.16 bits per heavy atom. The maximum atomic E-state index is 5.81. The highest BCUT2D eigenvalue weighted by molar-refractivity contribution is 5.83. The lowest BCUT2D eigenvalue weighted by Crippen LogP contribution is -2.31. The summed E-state index contributed by atoms with van der Waals surface area (Å²) in [5.41, 5.74) is 11.5. The number of aromatic nitrogens is 3. The normalized spacial score (nSPS) is 15.7. The molecule has 0 spiro atoms. The number of likely N-dealkylation sites (N-methyl/N-ethyl adjacent to an activating group) is 1. The Morgan fingerprint density at radius 2 is 2.03 bits per heavy atom. The monoisotopic (exact) mass is 495 g/mol. The van der Waals surface area contributed by atoms with Gasteiger partial charge in [0, 0.05) is 54.2 Å². The number of fused-ring (bicyclic) bond motifs is 1. The van der Waals surface area contributed by atoms with Gasteiger partial charge in [-0.05, 0) is 63.0 Å². The standard InChI is InChI=1S/C29H33N7O/c1-35(2)23-11-14-36(19-23)27-17-28(37-3)26(16-21(27)8-6-12-30)34-29-31-13-10-25(33-29)22-15-20-7-4-5-9-24(20)32-18-22/h4-7,9-10,12-13,15-18,23H,8,11,14,19,30H2,1-3H3,(H,31,33,34)/t23-/m1/s1. The fourth-order valence-electron chi connectivity index (χ4n) is 4.83. The number of ether oxygens (including phenoxy) is 1. The number of rotatable bonds is 8. The van der Waals surface area contributed by atoms with Crippen molar-refractivity contribution in [3.8, 4) is 17.0 Å². The maximum Gasteiger partial charge on any atom is 0.227 e. The number of para-hydroxylation sites is 1. The number of pyridine rings is 1. The van der Waals surface area contributed by atoms with Crippen LogP contribution in [0, 0.1) is 0 Å². The van der Waals surface area contributed by atoms with E-state index in [0.717, 1.165) is 59.5 Å². The highest BCUT2D eigenvalue weighted by Gasteiger charge is 2.26. The Balaban J connectivity index is 1.46. The van der Waals surface area contributed by atoms with Gasteiger partial charge in [-0.25, -0.2) is 9.97 Å². The number of nitrogens with zero attached hydrogens (tertiary/aromatic N) is 5. The zero-order valence-electron chi connectivity index (χ0n) is 21.6. The second kappa shape index (κ2) is 10.8. The molecule has 0 unspecified atom stereocenters. The summed E-state index contributed by atoms with van der Waals surface area (Å²) in [5.74, 6) is 1.23. The summed E-state index contributed by atoms with van der Waals surface area (Å²) in [6, 6.07) is 16.8.